The van der Waals surface area contributed by atoms with Crippen LogP contribution in [0.15, 0.2) is 33.9 Å². The number of fused-ring (bicyclic) bond motifs is 2. The quantitative estimate of drug-likeness (QED) is 0.651. The van der Waals surface area contributed by atoms with Crippen molar-refractivity contribution in [3.63, 3.8) is 0 Å². The fourth-order valence-electron chi connectivity index (χ4n) is 4.29. The summed E-state index contributed by atoms with van der Waals surface area (Å²) in [7, 11) is 3.11. The molecule has 0 unspecified atom stereocenters. The van der Waals surface area contributed by atoms with E-state index in [1.165, 1.54) is 11.6 Å². The summed E-state index contributed by atoms with van der Waals surface area (Å²) >= 11 is 0. The third kappa shape index (κ3) is 2.63. The van der Waals surface area contributed by atoms with Gasteiger partial charge in [-0.15, -0.1) is 0 Å². The van der Waals surface area contributed by atoms with Crippen molar-refractivity contribution in [1.29, 1.82) is 0 Å². The number of nitrogens with zero attached hydrogens (tertiary/aromatic N) is 2. The molecule has 1 aromatic carbocycles. The van der Waals surface area contributed by atoms with E-state index in [1.807, 2.05) is 31.2 Å². The Bertz CT molecular complexity index is 1280. The van der Waals surface area contributed by atoms with E-state index in [0.717, 1.165) is 21.4 Å². The molecule has 28 heavy (non-hydrogen) atoms. The van der Waals surface area contributed by atoms with E-state index in [9.17, 15) is 14.4 Å². The highest BCUT2D eigenvalue weighted by Crippen LogP contribution is 2.39. The normalized spacial score (nSPS) is 15.7. The number of ketones is 1. The van der Waals surface area contributed by atoms with E-state index in [1.54, 1.807) is 7.05 Å². The number of pyridine rings is 1. The van der Waals surface area contributed by atoms with Crippen LogP contribution < -0.4 is 16.2 Å². The molecular formula is C22H24N3O3+. The molecule has 0 radical (unpaired) electrons. The van der Waals surface area contributed by atoms with Crippen molar-refractivity contribution in [2.75, 3.05) is 0 Å². The lowest BCUT2D eigenvalue weighted by Gasteiger charge is -2.29. The Morgan fingerprint density at radius 3 is 2.39 bits per heavy atom. The van der Waals surface area contributed by atoms with E-state index in [2.05, 4.69) is 18.8 Å². The third-order valence-corrected chi connectivity index (χ3v) is 5.62. The van der Waals surface area contributed by atoms with Gasteiger partial charge in [-0.3, -0.25) is 9.59 Å². The predicted octanol–water partition coefficient (Wildman–Crippen LogP) is 2.18. The van der Waals surface area contributed by atoms with Crippen LogP contribution >= 0.6 is 0 Å². The second-order valence-electron chi connectivity index (χ2n) is 8.59. The Morgan fingerprint density at radius 1 is 1.00 bits per heavy atom. The number of benzene rings is 1. The zero-order valence-electron chi connectivity index (χ0n) is 16.8. The van der Waals surface area contributed by atoms with Crippen LogP contribution in [0.3, 0.4) is 0 Å². The lowest BCUT2D eigenvalue weighted by molar-refractivity contribution is -0.365. The van der Waals surface area contributed by atoms with Crippen molar-refractivity contribution in [3.05, 3.63) is 61.9 Å². The van der Waals surface area contributed by atoms with E-state index in [4.69, 9.17) is 0 Å². The number of aromatic nitrogens is 3. The average molecular weight is 378 g/mol. The Kier molecular flexibility index (Phi) is 3.93. The highest BCUT2D eigenvalue weighted by atomic mass is 16.2. The zero-order valence-corrected chi connectivity index (χ0v) is 16.8. The summed E-state index contributed by atoms with van der Waals surface area (Å²) in [6.45, 7) is 6.09. The number of Topliss-reactive ketones (excluding diaryl/α,β-unsaturated/α-hetero) is 1. The van der Waals surface area contributed by atoms with Crippen LogP contribution in [0.4, 0.5) is 0 Å². The minimum Gasteiger partial charge on any atom is -0.294 e. The number of carbonyl (C=O) groups is 1. The molecular weight excluding hydrogens is 354 g/mol. The van der Waals surface area contributed by atoms with Gasteiger partial charge in [-0.05, 0) is 17.9 Å². The first-order valence-electron chi connectivity index (χ1n) is 9.39. The number of carbonyl (C=O) groups excluding carboxylic acids is 1. The van der Waals surface area contributed by atoms with Gasteiger partial charge in [0.25, 0.3) is 11.2 Å². The van der Waals surface area contributed by atoms with Crippen LogP contribution in [0.2, 0.25) is 0 Å². The summed E-state index contributed by atoms with van der Waals surface area (Å²) in [5.74, 6) is 0.0248. The maximum Gasteiger partial charge on any atom is 0.417 e. The lowest BCUT2D eigenvalue weighted by atomic mass is 9.73. The largest absolute Gasteiger partial charge is 0.417 e. The van der Waals surface area contributed by atoms with Gasteiger partial charge in [0.15, 0.2) is 5.78 Å². The molecule has 6 nitrogen and oxygen atoms in total. The molecule has 1 aliphatic carbocycles. The number of hydrogen-bond donors (Lipinski definition) is 0. The smallest absolute Gasteiger partial charge is 0.294 e. The van der Waals surface area contributed by atoms with Crippen molar-refractivity contribution in [3.8, 4) is 11.1 Å². The molecule has 6 heteroatoms. The van der Waals surface area contributed by atoms with Crippen molar-refractivity contribution < 1.29 is 9.78 Å². The number of aryl methyl sites for hydroxylation is 2. The standard InChI is InChI=1S/C22H23N3O3/c1-12-7-6-8-13(9-12)16-17-14(10-22(2,3)11-15(17)26)23-19-18(16)20(27)25(5)21(28)24(19)4/h6-9H,10-11H2,1-5H3/p+1. The van der Waals surface area contributed by atoms with E-state index in [-0.39, 0.29) is 11.2 Å². The maximum atomic E-state index is 13.2. The topological polar surface area (TPSA) is 75.2 Å². The van der Waals surface area contributed by atoms with Gasteiger partial charge in [0.1, 0.15) is 11.1 Å². The van der Waals surface area contributed by atoms with Gasteiger partial charge in [0, 0.05) is 25.5 Å². The van der Waals surface area contributed by atoms with Crippen molar-refractivity contribution in [2.45, 2.75) is 33.6 Å². The van der Waals surface area contributed by atoms with Crippen LogP contribution in [0.25, 0.3) is 22.2 Å². The van der Waals surface area contributed by atoms with Gasteiger partial charge >= 0.3 is 5.69 Å². The number of rotatable bonds is 1. The highest BCUT2D eigenvalue weighted by molar-refractivity contribution is 6.09. The average Bonchev–Trinajstić information content (AvgIpc) is 2.62. The van der Waals surface area contributed by atoms with Crippen molar-refractivity contribution >= 4 is 16.8 Å². The van der Waals surface area contributed by atoms with Crippen molar-refractivity contribution in [2.24, 2.45) is 19.5 Å². The maximum absolute atomic E-state index is 13.2. The summed E-state index contributed by atoms with van der Waals surface area (Å²) in [5.41, 5.74) is 3.32. The fraction of sp³-hybridized carbons (Fsp3) is 0.364. The van der Waals surface area contributed by atoms with Crippen LogP contribution in [0.1, 0.15) is 41.9 Å². The first-order chi connectivity index (χ1) is 13.1. The molecule has 0 fully saturated rings. The number of H-pyrrole nitrogens is 1. The SMILES string of the molecule is Cc1cccc(-c2c3c([nH+]c4c2c(=O)n(C)c(=O)n4C)CC(C)(C)CC3=O)c1. The van der Waals surface area contributed by atoms with Crippen LogP contribution in [0, 0.1) is 12.3 Å². The minimum absolute atomic E-state index is 0.0248. The number of hydrogen-bond acceptors (Lipinski definition) is 3. The molecule has 2 heterocycles. The molecule has 0 saturated carbocycles. The molecule has 0 saturated heterocycles. The van der Waals surface area contributed by atoms with Gasteiger partial charge in [-0.1, -0.05) is 43.7 Å². The summed E-state index contributed by atoms with van der Waals surface area (Å²) in [6, 6.07) is 7.79. The van der Waals surface area contributed by atoms with Crippen molar-refractivity contribution in [1.82, 2.24) is 9.13 Å². The highest BCUT2D eigenvalue weighted by Gasteiger charge is 2.38. The Balaban J connectivity index is 2.28. The van der Waals surface area contributed by atoms with Gasteiger partial charge in [0.2, 0.25) is 0 Å². The molecule has 0 amide bonds. The van der Waals surface area contributed by atoms with Gasteiger partial charge in [-0.2, -0.15) is 4.57 Å². The third-order valence-electron chi connectivity index (χ3n) is 5.62. The lowest BCUT2D eigenvalue weighted by Crippen LogP contribution is -2.42. The minimum atomic E-state index is -0.398. The van der Waals surface area contributed by atoms with Gasteiger partial charge in [-0.25, -0.2) is 14.3 Å². The van der Waals surface area contributed by atoms with Crippen LogP contribution in [-0.2, 0) is 20.5 Å². The number of nitrogens with one attached hydrogen (secondary N) is 1. The molecule has 144 valence electrons. The first kappa shape index (κ1) is 18.3. The molecule has 0 spiro atoms. The van der Waals surface area contributed by atoms with E-state index >= 15 is 0 Å². The zero-order chi connectivity index (χ0) is 20.4. The Hall–Kier alpha value is -3.02. The van der Waals surface area contributed by atoms with Gasteiger partial charge < -0.3 is 0 Å². The second-order valence-corrected chi connectivity index (χ2v) is 8.59. The summed E-state index contributed by atoms with van der Waals surface area (Å²) in [6.07, 6.45) is 1.09. The molecule has 1 aliphatic rings. The monoisotopic (exact) mass is 378 g/mol. The predicted molar refractivity (Wildman–Crippen MR) is 108 cm³/mol. The first-order valence-corrected chi connectivity index (χ1v) is 9.39. The summed E-state index contributed by atoms with van der Waals surface area (Å²) in [5, 5.41) is 0.377. The Labute approximate surface area is 162 Å². The molecule has 2 aromatic heterocycles. The second kappa shape index (κ2) is 5.99. The number of aromatic amines is 1. The molecule has 1 N–H and O–H groups in total. The molecule has 0 atom stereocenters. The Morgan fingerprint density at radius 2 is 1.71 bits per heavy atom. The molecule has 4 rings (SSSR count). The molecule has 0 aliphatic heterocycles. The summed E-state index contributed by atoms with van der Waals surface area (Å²) in [4.78, 5) is 42.1. The molecule has 3 aromatic rings. The van der Waals surface area contributed by atoms with Crippen LogP contribution in [-0.4, -0.2) is 14.9 Å². The molecule has 0 bridgehead atoms. The fourth-order valence-corrected chi connectivity index (χ4v) is 4.29. The summed E-state index contributed by atoms with van der Waals surface area (Å²) < 4.78 is 2.54. The van der Waals surface area contributed by atoms with Crippen LogP contribution in [0.5, 0.6) is 0 Å². The van der Waals surface area contributed by atoms with Gasteiger partial charge in [0.05, 0.1) is 12.6 Å². The van der Waals surface area contributed by atoms with E-state index < -0.39 is 11.2 Å². The van der Waals surface area contributed by atoms with E-state index in [0.29, 0.717) is 35.0 Å².